The van der Waals surface area contributed by atoms with Crippen molar-refractivity contribution >= 4 is 33.3 Å². The third-order valence-corrected chi connectivity index (χ3v) is 7.48. The van der Waals surface area contributed by atoms with Crippen LogP contribution in [0.5, 0.6) is 0 Å². The summed E-state index contributed by atoms with van der Waals surface area (Å²) in [7, 11) is 0. The molecular weight excluding hydrogens is 444 g/mol. The maximum Gasteiger partial charge on any atom is 0.264 e. The van der Waals surface area contributed by atoms with Gasteiger partial charge >= 0.3 is 0 Å². The zero-order valence-corrected chi connectivity index (χ0v) is 18.8. The molecule has 11 heteroatoms. The standard InChI is InChI=1S/C22H28N6O4S/c29-10-11-8-14(18(31)17(11)30)25-19-16(21-26-13-5-1-2-6-15(13)33-21)20(32)28-22(27-19)24-12-4-3-7-23-9-12/h1-2,5-6,11-12,14,17-18,23,29-31H,3-4,7-10H2,(H3,24,25,27,28,32)/t11-,12-,14-,17-,18+/m1/s1. The number of thiazole rings is 1. The van der Waals surface area contributed by atoms with E-state index >= 15 is 0 Å². The number of benzene rings is 1. The Morgan fingerprint density at radius 2 is 2.00 bits per heavy atom. The van der Waals surface area contributed by atoms with Crippen LogP contribution in [0.1, 0.15) is 19.3 Å². The van der Waals surface area contributed by atoms with E-state index < -0.39 is 24.2 Å². The molecule has 33 heavy (non-hydrogen) atoms. The molecule has 0 bridgehead atoms. The van der Waals surface area contributed by atoms with Gasteiger partial charge in [0.2, 0.25) is 5.95 Å². The van der Waals surface area contributed by atoms with Crippen molar-refractivity contribution in [1.82, 2.24) is 20.3 Å². The molecule has 3 aromatic rings. The van der Waals surface area contributed by atoms with Crippen molar-refractivity contribution in [2.24, 2.45) is 5.92 Å². The Morgan fingerprint density at radius 3 is 2.73 bits per heavy atom. The van der Waals surface area contributed by atoms with Crippen molar-refractivity contribution in [3.63, 3.8) is 0 Å². The lowest BCUT2D eigenvalue weighted by atomic mass is 10.1. The Kier molecular flexibility index (Phi) is 6.30. The Labute approximate surface area is 194 Å². The van der Waals surface area contributed by atoms with Crippen LogP contribution in [0.4, 0.5) is 11.8 Å². The van der Waals surface area contributed by atoms with Crippen molar-refractivity contribution in [2.45, 2.75) is 43.6 Å². The van der Waals surface area contributed by atoms with E-state index in [2.05, 4.69) is 30.9 Å². The van der Waals surface area contributed by atoms with Crippen LogP contribution >= 0.6 is 11.3 Å². The minimum atomic E-state index is -1.09. The van der Waals surface area contributed by atoms with Gasteiger partial charge in [0.05, 0.1) is 22.4 Å². The predicted octanol–water partition coefficient (Wildman–Crippen LogP) is 0.725. The van der Waals surface area contributed by atoms with Crippen LogP contribution in [-0.4, -0.2) is 74.3 Å². The van der Waals surface area contributed by atoms with E-state index in [4.69, 9.17) is 0 Å². The third kappa shape index (κ3) is 4.46. The summed E-state index contributed by atoms with van der Waals surface area (Å²) in [5, 5.41) is 40.6. The number of anilines is 2. The zero-order chi connectivity index (χ0) is 22.9. The average Bonchev–Trinajstić information content (AvgIpc) is 3.35. The van der Waals surface area contributed by atoms with E-state index in [9.17, 15) is 20.1 Å². The van der Waals surface area contributed by atoms with Gasteiger partial charge in [0.1, 0.15) is 22.5 Å². The molecule has 0 unspecified atom stereocenters. The monoisotopic (exact) mass is 472 g/mol. The van der Waals surface area contributed by atoms with Gasteiger partial charge in [-0.3, -0.25) is 9.78 Å². The molecule has 1 saturated carbocycles. The number of piperidine rings is 1. The van der Waals surface area contributed by atoms with Crippen LogP contribution in [-0.2, 0) is 0 Å². The van der Waals surface area contributed by atoms with E-state index in [1.807, 2.05) is 24.3 Å². The van der Waals surface area contributed by atoms with Gasteiger partial charge in [-0.25, -0.2) is 4.98 Å². The summed E-state index contributed by atoms with van der Waals surface area (Å²) in [6.07, 6.45) is 0.204. The summed E-state index contributed by atoms with van der Waals surface area (Å²) in [6.45, 7) is 1.52. The van der Waals surface area contributed by atoms with Crippen LogP contribution < -0.4 is 21.5 Å². The second kappa shape index (κ2) is 9.35. The lowest BCUT2D eigenvalue weighted by Crippen LogP contribution is -2.39. The first-order valence-corrected chi connectivity index (χ1v) is 12.1. The van der Waals surface area contributed by atoms with Crippen LogP contribution in [0, 0.1) is 5.92 Å². The number of rotatable bonds is 6. The maximum atomic E-state index is 13.2. The number of fused-ring (bicyclic) bond motifs is 1. The Bertz CT molecular complexity index is 1140. The summed E-state index contributed by atoms with van der Waals surface area (Å²) < 4.78 is 0.949. The molecule has 0 radical (unpaired) electrons. The first-order valence-electron chi connectivity index (χ1n) is 11.2. The summed E-state index contributed by atoms with van der Waals surface area (Å²) in [4.78, 5) is 25.4. The van der Waals surface area contributed by atoms with Gasteiger partial charge < -0.3 is 31.3 Å². The summed E-state index contributed by atoms with van der Waals surface area (Å²) in [5.74, 6) is 0.183. The number of aliphatic hydroxyl groups excluding tert-OH is 3. The molecule has 7 N–H and O–H groups in total. The quantitative estimate of drug-likeness (QED) is 0.275. The van der Waals surface area contributed by atoms with E-state index in [-0.39, 0.29) is 23.8 Å². The summed E-state index contributed by atoms with van der Waals surface area (Å²) in [5.41, 5.74) is 0.734. The van der Waals surface area contributed by atoms with Gasteiger partial charge in [0.15, 0.2) is 0 Å². The van der Waals surface area contributed by atoms with Crippen LogP contribution in [0.15, 0.2) is 29.1 Å². The Morgan fingerprint density at radius 1 is 1.15 bits per heavy atom. The van der Waals surface area contributed by atoms with Gasteiger partial charge in [-0.05, 0) is 37.9 Å². The van der Waals surface area contributed by atoms with E-state index in [0.29, 0.717) is 23.2 Å². The molecule has 2 fully saturated rings. The average molecular weight is 473 g/mol. The molecule has 1 aromatic carbocycles. The minimum absolute atomic E-state index is 0.140. The van der Waals surface area contributed by atoms with Crippen molar-refractivity contribution in [1.29, 1.82) is 0 Å². The third-order valence-electron chi connectivity index (χ3n) is 6.42. The normalized spacial score (nSPS) is 27.7. The highest BCUT2D eigenvalue weighted by Gasteiger charge is 2.41. The Balaban J connectivity index is 1.53. The molecule has 5 rings (SSSR count). The Hall–Kier alpha value is -2.57. The van der Waals surface area contributed by atoms with Crippen molar-refractivity contribution < 1.29 is 15.3 Å². The second-order valence-corrected chi connectivity index (χ2v) is 9.75. The second-order valence-electron chi connectivity index (χ2n) is 8.72. The van der Waals surface area contributed by atoms with Gasteiger partial charge in [-0.15, -0.1) is 11.3 Å². The number of aromatic nitrogens is 3. The number of para-hydroxylation sites is 1. The van der Waals surface area contributed by atoms with E-state index in [0.717, 1.165) is 36.1 Å². The van der Waals surface area contributed by atoms with Crippen molar-refractivity contribution in [2.75, 3.05) is 30.3 Å². The number of H-pyrrole nitrogens is 1. The summed E-state index contributed by atoms with van der Waals surface area (Å²) >= 11 is 1.39. The molecule has 5 atom stereocenters. The zero-order valence-electron chi connectivity index (χ0n) is 18.0. The highest BCUT2D eigenvalue weighted by Crippen LogP contribution is 2.34. The number of hydrogen-bond acceptors (Lipinski definition) is 10. The molecule has 3 heterocycles. The first kappa shape index (κ1) is 22.2. The maximum absolute atomic E-state index is 13.2. The first-order chi connectivity index (χ1) is 16.0. The van der Waals surface area contributed by atoms with E-state index in [1.165, 1.54) is 11.3 Å². The molecule has 10 nitrogen and oxygen atoms in total. The van der Waals surface area contributed by atoms with Crippen LogP contribution in [0.25, 0.3) is 20.8 Å². The van der Waals surface area contributed by atoms with Crippen molar-refractivity contribution in [3.05, 3.63) is 34.6 Å². The van der Waals surface area contributed by atoms with Gasteiger partial charge in [0.25, 0.3) is 5.56 Å². The highest BCUT2D eigenvalue weighted by molar-refractivity contribution is 7.21. The van der Waals surface area contributed by atoms with Crippen molar-refractivity contribution in [3.8, 4) is 10.6 Å². The number of hydrogen-bond donors (Lipinski definition) is 7. The lowest BCUT2D eigenvalue weighted by Gasteiger charge is -2.25. The number of nitrogens with zero attached hydrogens (tertiary/aromatic N) is 2. The molecular formula is C22H28N6O4S. The van der Waals surface area contributed by atoms with Gasteiger partial charge in [-0.2, -0.15) is 4.98 Å². The molecule has 2 aromatic heterocycles. The van der Waals surface area contributed by atoms with Gasteiger partial charge in [-0.1, -0.05) is 12.1 Å². The molecule has 176 valence electrons. The predicted molar refractivity (Wildman–Crippen MR) is 128 cm³/mol. The van der Waals surface area contributed by atoms with E-state index in [1.54, 1.807) is 0 Å². The van der Waals surface area contributed by atoms with Gasteiger partial charge in [0, 0.05) is 25.1 Å². The molecule has 1 aliphatic heterocycles. The number of aliphatic hydroxyl groups is 3. The fourth-order valence-corrected chi connectivity index (χ4v) is 5.62. The number of aromatic amines is 1. The largest absolute Gasteiger partial charge is 0.396 e. The smallest absolute Gasteiger partial charge is 0.264 e. The number of nitrogens with one attached hydrogen (secondary N) is 4. The molecule has 0 amide bonds. The topological polar surface area (TPSA) is 155 Å². The van der Waals surface area contributed by atoms with Crippen LogP contribution in [0.2, 0.25) is 0 Å². The molecule has 0 spiro atoms. The fourth-order valence-electron chi connectivity index (χ4n) is 4.62. The van der Waals surface area contributed by atoms with Crippen LogP contribution in [0.3, 0.4) is 0 Å². The lowest BCUT2D eigenvalue weighted by molar-refractivity contribution is 0.00446. The molecule has 2 aliphatic rings. The molecule has 1 aliphatic carbocycles. The fraction of sp³-hybridized carbons (Fsp3) is 0.500. The SMILES string of the molecule is O=c1[nH]c(N[C@@H]2CCCNC2)nc(N[C@@H]2C[C@H](CO)[C@@H](O)[C@H]2O)c1-c1nc2ccccc2s1. The summed E-state index contributed by atoms with van der Waals surface area (Å²) in [6, 6.07) is 7.22. The minimum Gasteiger partial charge on any atom is -0.396 e. The molecule has 1 saturated heterocycles. The highest BCUT2D eigenvalue weighted by atomic mass is 32.1.